The van der Waals surface area contributed by atoms with Gasteiger partial charge >= 0.3 is 0 Å². The minimum Gasteiger partial charge on any atom is -0.354 e. The van der Waals surface area contributed by atoms with Crippen molar-refractivity contribution in [2.75, 3.05) is 18.6 Å². The molecular formula is C12H24Cl2N4OS. The third kappa shape index (κ3) is 8.68. The van der Waals surface area contributed by atoms with E-state index in [9.17, 15) is 4.79 Å². The van der Waals surface area contributed by atoms with E-state index in [2.05, 4.69) is 17.2 Å². The predicted molar refractivity (Wildman–Crippen MR) is 89.9 cm³/mol. The van der Waals surface area contributed by atoms with Crippen LogP contribution in [0.2, 0.25) is 0 Å². The standard InChI is InChI=1S/C12H22N4OS.2ClH/c1-10(8-16-5-4-14-9-16)7-15-12(17)11(13)3-6-18-2;;/h4-5,9-11H,3,6-8,13H2,1-2H3,(H,15,17);2*1H/t10?,11-;;/m0../s1. The van der Waals surface area contributed by atoms with Gasteiger partial charge in [0.2, 0.25) is 5.91 Å². The van der Waals surface area contributed by atoms with E-state index in [1.54, 1.807) is 24.3 Å². The van der Waals surface area contributed by atoms with Crippen molar-refractivity contribution in [2.45, 2.75) is 25.9 Å². The van der Waals surface area contributed by atoms with E-state index in [0.29, 0.717) is 12.5 Å². The fourth-order valence-electron chi connectivity index (χ4n) is 1.60. The van der Waals surface area contributed by atoms with E-state index >= 15 is 0 Å². The van der Waals surface area contributed by atoms with Gasteiger partial charge in [-0.3, -0.25) is 4.79 Å². The molecule has 0 bridgehead atoms. The minimum absolute atomic E-state index is 0. The average Bonchev–Trinajstić information content (AvgIpc) is 2.85. The summed E-state index contributed by atoms with van der Waals surface area (Å²) in [5, 5.41) is 2.90. The van der Waals surface area contributed by atoms with E-state index in [0.717, 1.165) is 18.7 Å². The number of hydrogen-bond acceptors (Lipinski definition) is 4. The van der Waals surface area contributed by atoms with Crippen molar-refractivity contribution in [3.05, 3.63) is 18.7 Å². The summed E-state index contributed by atoms with van der Waals surface area (Å²) in [6.45, 7) is 3.58. The molecule has 0 spiro atoms. The number of thioether (sulfide) groups is 1. The second kappa shape index (κ2) is 12.3. The number of carbonyl (C=O) groups excluding carboxylic acids is 1. The Morgan fingerprint density at radius 2 is 2.20 bits per heavy atom. The number of nitrogens with one attached hydrogen (secondary N) is 1. The lowest BCUT2D eigenvalue weighted by Crippen LogP contribution is -2.42. The fraction of sp³-hybridized carbons (Fsp3) is 0.667. The second-order valence-corrected chi connectivity index (χ2v) is 5.48. The highest BCUT2D eigenvalue weighted by atomic mass is 35.5. The molecule has 0 aliphatic rings. The van der Waals surface area contributed by atoms with Crippen LogP contribution >= 0.6 is 36.6 Å². The van der Waals surface area contributed by atoms with Gasteiger partial charge in [0.25, 0.3) is 0 Å². The minimum atomic E-state index is -0.391. The Labute approximate surface area is 137 Å². The van der Waals surface area contributed by atoms with Gasteiger partial charge in [-0.25, -0.2) is 4.98 Å². The molecule has 1 rings (SSSR count). The maximum absolute atomic E-state index is 11.7. The van der Waals surface area contributed by atoms with E-state index < -0.39 is 6.04 Å². The summed E-state index contributed by atoms with van der Waals surface area (Å²) < 4.78 is 2.00. The van der Waals surface area contributed by atoms with Gasteiger partial charge in [0.1, 0.15) is 0 Å². The lowest BCUT2D eigenvalue weighted by atomic mass is 10.1. The summed E-state index contributed by atoms with van der Waals surface area (Å²) in [6.07, 6.45) is 8.19. The van der Waals surface area contributed by atoms with Crippen molar-refractivity contribution in [2.24, 2.45) is 11.7 Å². The highest BCUT2D eigenvalue weighted by molar-refractivity contribution is 7.98. The number of carbonyl (C=O) groups is 1. The number of aromatic nitrogens is 2. The summed E-state index contributed by atoms with van der Waals surface area (Å²) in [4.78, 5) is 15.7. The van der Waals surface area contributed by atoms with E-state index in [1.165, 1.54) is 0 Å². The first-order valence-electron chi connectivity index (χ1n) is 6.11. The van der Waals surface area contributed by atoms with Crippen LogP contribution in [0.3, 0.4) is 0 Å². The zero-order valence-electron chi connectivity index (χ0n) is 11.8. The van der Waals surface area contributed by atoms with E-state index in [-0.39, 0.29) is 30.7 Å². The van der Waals surface area contributed by atoms with Crippen molar-refractivity contribution in [3.8, 4) is 0 Å². The number of hydrogen-bond donors (Lipinski definition) is 2. The molecule has 0 saturated carbocycles. The molecule has 118 valence electrons. The number of rotatable bonds is 8. The molecule has 0 fully saturated rings. The Hall–Kier alpha value is -0.430. The molecule has 0 radical (unpaired) electrons. The number of imidazole rings is 1. The van der Waals surface area contributed by atoms with E-state index in [1.807, 2.05) is 17.0 Å². The van der Waals surface area contributed by atoms with Gasteiger partial charge in [-0.05, 0) is 24.3 Å². The fourth-order valence-corrected chi connectivity index (χ4v) is 2.09. The van der Waals surface area contributed by atoms with Crippen molar-refractivity contribution >= 4 is 42.5 Å². The van der Waals surface area contributed by atoms with Crippen molar-refractivity contribution in [1.29, 1.82) is 0 Å². The molecule has 3 N–H and O–H groups in total. The number of nitrogens with two attached hydrogens (primary N) is 1. The van der Waals surface area contributed by atoms with Crippen LogP contribution in [-0.2, 0) is 11.3 Å². The van der Waals surface area contributed by atoms with Gasteiger partial charge in [-0.1, -0.05) is 6.92 Å². The highest BCUT2D eigenvalue weighted by Gasteiger charge is 2.13. The lowest BCUT2D eigenvalue weighted by Gasteiger charge is -2.16. The third-order valence-electron chi connectivity index (χ3n) is 2.68. The Bertz CT molecular complexity index is 351. The zero-order valence-corrected chi connectivity index (χ0v) is 14.3. The number of halogens is 2. The van der Waals surface area contributed by atoms with Crippen LogP contribution in [0, 0.1) is 5.92 Å². The first-order valence-corrected chi connectivity index (χ1v) is 7.50. The lowest BCUT2D eigenvalue weighted by molar-refractivity contribution is -0.122. The third-order valence-corrected chi connectivity index (χ3v) is 3.32. The largest absolute Gasteiger partial charge is 0.354 e. The molecule has 1 heterocycles. The summed E-state index contributed by atoms with van der Waals surface area (Å²) in [6, 6.07) is -0.391. The molecule has 8 heteroatoms. The second-order valence-electron chi connectivity index (χ2n) is 4.50. The van der Waals surface area contributed by atoms with Gasteiger partial charge in [-0.15, -0.1) is 24.8 Å². The highest BCUT2D eigenvalue weighted by Crippen LogP contribution is 2.01. The van der Waals surface area contributed by atoms with Gasteiger partial charge in [0.05, 0.1) is 12.4 Å². The van der Waals surface area contributed by atoms with Crippen molar-refractivity contribution < 1.29 is 4.79 Å². The molecule has 1 unspecified atom stereocenters. The molecule has 0 aromatic carbocycles. The van der Waals surface area contributed by atoms with Gasteiger partial charge < -0.3 is 15.6 Å². The smallest absolute Gasteiger partial charge is 0.236 e. The Kier molecular flexibility index (Phi) is 13.5. The first kappa shape index (κ1) is 21.9. The molecular weight excluding hydrogens is 319 g/mol. The number of nitrogens with zero attached hydrogens (tertiary/aromatic N) is 2. The van der Waals surface area contributed by atoms with Crippen molar-refractivity contribution in [3.63, 3.8) is 0 Å². The molecule has 1 amide bonds. The van der Waals surface area contributed by atoms with Crippen LogP contribution in [0.5, 0.6) is 0 Å². The molecule has 20 heavy (non-hydrogen) atoms. The summed E-state index contributed by atoms with van der Waals surface area (Å²) in [5.41, 5.74) is 5.78. The van der Waals surface area contributed by atoms with Crippen molar-refractivity contribution in [1.82, 2.24) is 14.9 Å². The van der Waals surface area contributed by atoms with Crippen LogP contribution in [0.15, 0.2) is 18.7 Å². The first-order chi connectivity index (χ1) is 8.63. The van der Waals surface area contributed by atoms with Crippen LogP contribution in [0.4, 0.5) is 0 Å². The molecule has 1 aromatic heterocycles. The van der Waals surface area contributed by atoms with Crippen LogP contribution in [0.1, 0.15) is 13.3 Å². The summed E-state index contributed by atoms with van der Waals surface area (Å²) in [5.74, 6) is 1.22. The van der Waals surface area contributed by atoms with Gasteiger partial charge in [-0.2, -0.15) is 11.8 Å². The normalized spacial score (nSPS) is 12.8. The van der Waals surface area contributed by atoms with Crippen LogP contribution in [0.25, 0.3) is 0 Å². The topological polar surface area (TPSA) is 72.9 Å². The Balaban J connectivity index is 0. The average molecular weight is 343 g/mol. The SMILES string of the molecule is CSCC[C@H](N)C(=O)NCC(C)Cn1ccnc1.Cl.Cl. The van der Waals surface area contributed by atoms with E-state index in [4.69, 9.17) is 5.73 Å². The Morgan fingerprint density at radius 3 is 2.75 bits per heavy atom. The Morgan fingerprint density at radius 1 is 1.50 bits per heavy atom. The number of amides is 1. The molecule has 0 saturated heterocycles. The maximum Gasteiger partial charge on any atom is 0.236 e. The summed E-state index contributed by atoms with van der Waals surface area (Å²) in [7, 11) is 0. The maximum atomic E-state index is 11.7. The molecule has 5 nitrogen and oxygen atoms in total. The van der Waals surface area contributed by atoms with Gasteiger partial charge in [0.15, 0.2) is 0 Å². The monoisotopic (exact) mass is 342 g/mol. The molecule has 2 atom stereocenters. The molecule has 1 aromatic rings. The summed E-state index contributed by atoms with van der Waals surface area (Å²) >= 11 is 1.70. The molecule has 0 aliphatic carbocycles. The quantitative estimate of drug-likeness (QED) is 0.751. The molecule has 0 aliphatic heterocycles. The predicted octanol–water partition coefficient (Wildman–Crippen LogP) is 1.56. The zero-order chi connectivity index (χ0) is 13.4. The van der Waals surface area contributed by atoms with Crippen LogP contribution < -0.4 is 11.1 Å². The van der Waals surface area contributed by atoms with Crippen LogP contribution in [-0.4, -0.2) is 40.1 Å². The van der Waals surface area contributed by atoms with Gasteiger partial charge in [0, 0.05) is 25.5 Å².